The largest absolute Gasteiger partial charge is 0.378 e. The van der Waals surface area contributed by atoms with Gasteiger partial charge in [0.2, 0.25) is 0 Å². The zero-order valence-corrected chi connectivity index (χ0v) is 14.1. The van der Waals surface area contributed by atoms with Gasteiger partial charge in [-0.15, -0.1) is 0 Å². The van der Waals surface area contributed by atoms with Crippen LogP contribution in [0.15, 0.2) is 0 Å². The first-order valence-corrected chi connectivity index (χ1v) is 9.36. The molecule has 2 aliphatic carbocycles. The summed E-state index contributed by atoms with van der Waals surface area (Å²) in [6, 6.07) is 0. The van der Waals surface area contributed by atoms with Crippen LogP contribution in [0.1, 0.15) is 85.0 Å². The summed E-state index contributed by atoms with van der Waals surface area (Å²) in [5, 5.41) is 0. The molecule has 0 spiro atoms. The predicted molar refractivity (Wildman–Crippen MR) is 86.9 cm³/mol. The molecule has 118 valence electrons. The van der Waals surface area contributed by atoms with Crippen molar-refractivity contribution in [3.8, 4) is 0 Å². The van der Waals surface area contributed by atoms with Gasteiger partial charge in [0, 0.05) is 6.61 Å². The van der Waals surface area contributed by atoms with E-state index in [4.69, 9.17) is 4.74 Å². The number of hydrogen-bond donors (Lipinski definition) is 0. The number of ether oxygens (including phenoxy) is 1. The summed E-state index contributed by atoms with van der Waals surface area (Å²) in [6.07, 6.45) is 15.1. The van der Waals surface area contributed by atoms with E-state index in [1.807, 2.05) is 0 Å². The quantitative estimate of drug-likeness (QED) is 0.595. The summed E-state index contributed by atoms with van der Waals surface area (Å²) in [7, 11) is 0. The van der Waals surface area contributed by atoms with E-state index in [1.165, 1.54) is 64.2 Å². The second-order valence-electron chi connectivity index (χ2n) is 7.47. The van der Waals surface area contributed by atoms with Crippen molar-refractivity contribution in [2.75, 3.05) is 6.61 Å². The fourth-order valence-corrected chi connectivity index (χ4v) is 4.74. The molecule has 2 aliphatic rings. The summed E-state index contributed by atoms with van der Waals surface area (Å²) in [5.74, 6) is 3.89. The third-order valence-electron chi connectivity index (χ3n) is 6.04. The molecule has 0 heterocycles. The number of unbranched alkanes of at least 4 members (excludes halogenated alkanes) is 1. The maximum absolute atomic E-state index is 5.89. The fourth-order valence-electron chi connectivity index (χ4n) is 4.74. The van der Waals surface area contributed by atoms with Crippen LogP contribution in [0.5, 0.6) is 0 Å². The third kappa shape index (κ3) is 4.48. The van der Waals surface area contributed by atoms with Crippen LogP contribution in [0.2, 0.25) is 0 Å². The summed E-state index contributed by atoms with van der Waals surface area (Å²) >= 11 is 0. The van der Waals surface area contributed by atoms with Crippen LogP contribution in [0.4, 0.5) is 0 Å². The van der Waals surface area contributed by atoms with E-state index < -0.39 is 0 Å². The van der Waals surface area contributed by atoms with Crippen molar-refractivity contribution in [2.24, 2.45) is 23.7 Å². The van der Waals surface area contributed by atoms with Crippen molar-refractivity contribution in [1.29, 1.82) is 0 Å². The van der Waals surface area contributed by atoms with Gasteiger partial charge in [0.05, 0.1) is 6.10 Å². The van der Waals surface area contributed by atoms with Gasteiger partial charge in [-0.25, -0.2) is 0 Å². The number of hydrogen-bond acceptors (Lipinski definition) is 1. The van der Waals surface area contributed by atoms with E-state index in [1.54, 1.807) is 0 Å². The number of rotatable bonds is 6. The summed E-state index contributed by atoms with van der Waals surface area (Å²) in [5.41, 5.74) is 0. The predicted octanol–water partition coefficient (Wildman–Crippen LogP) is 5.82. The van der Waals surface area contributed by atoms with Crippen molar-refractivity contribution in [1.82, 2.24) is 0 Å². The Bertz CT molecular complexity index is 254. The molecule has 0 radical (unpaired) electrons. The third-order valence-corrected chi connectivity index (χ3v) is 6.04. The first-order valence-electron chi connectivity index (χ1n) is 9.36. The van der Waals surface area contributed by atoms with Crippen LogP contribution < -0.4 is 0 Å². The maximum Gasteiger partial charge on any atom is 0.0600 e. The maximum atomic E-state index is 5.89. The van der Waals surface area contributed by atoms with Crippen LogP contribution in [-0.4, -0.2) is 12.7 Å². The molecule has 2 fully saturated rings. The highest BCUT2D eigenvalue weighted by Crippen LogP contribution is 2.43. The molecule has 1 heteroatoms. The Balaban J connectivity index is 1.72. The van der Waals surface area contributed by atoms with Gasteiger partial charge in [0.1, 0.15) is 0 Å². The molecule has 20 heavy (non-hydrogen) atoms. The molecule has 0 aromatic heterocycles. The van der Waals surface area contributed by atoms with Crippen molar-refractivity contribution >= 4 is 0 Å². The molecular formula is C19H36O. The first kappa shape index (κ1) is 16.3. The lowest BCUT2D eigenvalue weighted by atomic mass is 9.68. The minimum Gasteiger partial charge on any atom is -0.378 e. The van der Waals surface area contributed by atoms with Crippen LogP contribution in [0, 0.1) is 23.7 Å². The molecule has 1 nitrogen and oxygen atoms in total. The standard InChI is InChI=1S/C19H36O/c1-4-6-7-16-8-10-17(11-9-16)18-12-13-19(20-5-2)15(3)14-18/h15-19H,4-14H2,1-3H3/t15-,16?,17?,18?,19-/m1/s1. The van der Waals surface area contributed by atoms with Gasteiger partial charge in [-0.05, 0) is 62.7 Å². The lowest BCUT2D eigenvalue weighted by Crippen LogP contribution is -2.34. The van der Waals surface area contributed by atoms with E-state index in [-0.39, 0.29) is 0 Å². The van der Waals surface area contributed by atoms with Gasteiger partial charge in [-0.2, -0.15) is 0 Å². The van der Waals surface area contributed by atoms with Crippen LogP contribution in [-0.2, 0) is 4.74 Å². The Morgan fingerprint density at radius 2 is 1.60 bits per heavy atom. The highest BCUT2D eigenvalue weighted by Gasteiger charge is 2.34. The van der Waals surface area contributed by atoms with E-state index in [9.17, 15) is 0 Å². The van der Waals surface area contributed by atoms with E-state index in [0.29, 0.717) is 6.10 Å². The lowest BCUT2D eigenvalue weighted by molar-refractivity contribution is -0.0223. The second-order valence-corrected chi connectivity index (χ2v) is 7.47. The van der Waals surface area contributed by atoms with Gasteiger partial charge < -0.3 is 4.74 Å². The Morgan fingerprint density at radius 3 is 2.20 bits per heavy atom. The normalized spacial score (nSPS) is 38.9. The van der Waals surface area contributed by atoms with Gasteiger partial charge in [0.25, 0.3) is 0 Å². The van der Waals surface area contributed by atoms with Crippen molar-refractivity contribution in [2.45, 2.75) is 91.1 Å². The lowest BCUT2D eigenvalue weighted by Gasteiger charge is -2.40. The second kappa shape index (κ2) is 8.41. The minimum atomic E-state index is 0.553. The molecule has 0 aromatic carbocycles. The topological polar surface area (TPSA) is 9.23 Å². The van der Waals surface area contributed by atoms with Crippen LogP contribution >= 0.6 is 0 Å². The van der Waals surface area contributed by atoms with Crippen LogP contribution in [0.25, 0.3) is 0 Å². The van der Waals surface area contributed by atoms with E-state index in [0.717, 1.165) is 30.3 Å². The molecule has 1 unspecified atom stereocenters. The van der Waals surface area contributed by atoms with E-state index >= 15 is 0 Å². The van der Waals surface area contributed by atoms with Gasteiger partial charge >= 0.3 is 0 Å². The van der Waals surface area contributed by atoms with Crippen molar-refractivity contribution in [3.05, 3.63) is 0 Å². The Labute approximate surface area is 126 Å². The molecule has 2 rings (SSSR count). The summed E-state index contributed by atoms with van der Waals surface area (Å²) in [6.45, 7) is 7.77. The van der Waals surface area contributed by atoms with Crippen molar-refractivity contribution in [3.63, 3.8) is 0 Å². The molecule has 3 atom stereocenters. The Hall–Kier alpha value is -0.0400. The molecule has 0 amide bonds. The monoisotopic (exact) mass is 280 g/mol. The van der Waals surface area contributed by atoms with Gasteiger partial charge in [-0.3, -0.25) is 0 Å². The highest BCUT2D eigenvalue weighted by atomic mass is 16.5. The van der Waals surface area contributed by atoms with Crippen molar-refractivity contribution < 1.29 is 4.74 Å². The molecular weight excluding hydrogens is 244 g/mol. The average Bonchev–Trinajstić information content (AvgIpc) is 2.48. The fraction of sp³-hybridized carbons (Fsp3) is 1.00. The minimum absolute atomic E-state index is 0.553. The summed E-state index contributed by atoms with van der Waals surface area (Å²) < 4.78 is 5.89. The Morgan fingerprint density at radius 1 is 0.900 bits per heavy atom. The molecule has 0 saturated heterocycles. The zero-order valence-electron chi connectivity index (χ0n) is 14.1. The Kier molecular flexibility index (Phi) is 6.87. The summed E-state index contributed by atoms with van der Waals surface area (Å²) in [4.78, 5) is 0. The van der Waals surface area contributed by atoms with E-state index in [2.05, 4.69) is 20.8 Å². The average molecular weight is 280 g/mol. The molecule has 0 aromatic rings. The first-order chi connectivity index (χ1) is 9.74. The highest BCUT2D eigenvalue weighted by molar-refractivity contribution is 4.85. The molecule has 0 aliphatic heterocycles. The van der Waals surface area contributed by atoms with Gasteiger partial charge in [-0.1, -0.05) is 46.0 Å². The molecule has 0 N–H and O–H groups in total. The molecule has 0 bridgehead atoms. The smallest absolute Gasteiger partial charge is 0.0600 e. The zero-order chi connectivity index (χ0) is 14.4. The van der Waals surface area contributed by atoms with Crippen LogP contribution in [0.3, 0.4) is 0 Å². The SMILES string of the molecule is CCCCC1CCC(C2CC[C@@H](OCC)[C@H](C)C2)CC1. The van der Waals surface area contributed by atoms with Gasteiger partial charge in [0.15, 0.2) is 0 Å². The molecule has 2 saturated carbocycles.